The molecule has 23 heavy (non-hydrogen) atoms. The van der Waals surface area contributed by atoms with Gasteiger partial charge < -0.3 is 4.52 Å². The number of nitrogens with zero attached hydrogens (tertiary/aromatic N) is 2. The third-order valence-corrected chi connectivity index (χ3v) is 3.70. The summed E-state index contributed by atoms with van der Waals surface area (Å²) in [6.07, 6.45) is 0.180. The number of fused-ring (bicyclic) bond motifs is 1. The lowest BCUT2D eigenvalue weighted by Crippen LogP contribution is -2.43. The zero-order chi connectivity index (χ0) is 16.2. The lowest BCUT2D eigenvalue weighted by molar-refractivity contribution is -0.120. The van der Waals surface area contributed by atoms with Crippen molar-refractivity contribution in [3.05, 3.63) is 59.8 Å². The van der Waals surface area contributed by atoms with Crippen LogP contribution in [0.3, 0.4) is 0 Å². The number of carbonyl (C=O) groups is 1. The summed E-state index contributed by atoms with van der Waals surface area (Å²) in [5, 5.41) is 6.70. The Kier molecular flexibility index (Phi) is 4.28. The SMILES string of the molecule is CCN(NC(=O)Cc1noc2ccccc12)c1ccc(C)cc1. The van der Waals surface area contributed by atoms with Crippen LogP contribution < -0.4 is 10.4 Å². The first kappa shape index (κ1) is 15.1. The van der Waals surface area contributed by atoms with Gasteiger partial charge in [-0.15, -0.1) is 0 Å². The number of aryl methyl sites for hydroxylation is 1. The van der Waals surface area contributed by atoms with Gasteiger partial charge in [-0.25, -0.2) is 0 Å². The van der Waals surface area contributed by atoms with E-state index in [1.165, 1.54) is 5.56 Å². The van der Waals surface area contributed by atoms with E-state index in [1.54, 1.807) is 0 Å². The Labute approximate surface area is 134 Å². The van der Waals surface area contributed by atoms with Gasteiger partial charge in [-0.3, -0.25) is 15.2 Å². The van der Waals surface area contributed by atoms with Gasteiger partial charge in [0.15, 0.2) is 5.58 Å². The van der Waals surface area contributed by atoms with E-state index in [4.69, 9.17) is 4.52 Å². The van der Waals surface area contributed by atoms with E-state index in [2.05, 4.69) is 10.6 Å². The molecule has 0 aliphatic rings. The number of hydrogen-bond acceptors (Lipinski definition) is 4. The summed E-state index contributed by atoms with van der Waals surface area (Å²) in [6.45, 7) is 4.70. The average Bonchev–Trinajstić information content (AvgIpc) is 2.97. The topological polar surface area (TPSA) is 58.4 Å². The molecule has 0 spiro atoms. The molecule has 0 fully saturated rings. The molecule has 1 N–H and O–H groups in total. The van der Waals surface area contributed by atoms with Gasteiger partial charge >= 0.3 is 0 Å². The molecule has 1 heterocycles. The Hall–Kier alpha value is -2.82. The molecule has 5 heteroatoms. The number of benzene rings is 2. The van der Waals surface area contributed by atoms with Crippen molar-refractivity contribution in [3.63, 3.8) is 0 Å². The second-order valence-electron chi connectivity index (χ2n) is 5.42. The van der Waals surface area contributed by atoms with Crippen molar-refractivity contribution in [2.45, 2.75) is 20.3 Å². The number of hydrazine groups is 1. The molecule has 0 unspecified atom stereocenters. The first-order valence-electron chi connectivity index (χ1n) is 7.64. The van der Waals surface area contributed by atoms with Crippen LogP contribution >= 0.6 is 0 Å². The zero-order valence-corrected chi connectivity index (χ0v) is 13.2. The highest BCUT2D eigenvalue weighted by molar-refractivity contribution is 5.86. The minimum atomic E-state index is -0.119. The number of rotatable bonds is 5. The van der Waals surface area contributed by atoms with Crippen molar-refractivity contribution in [2.24, 2.45) is 0 Å². The highest BCUT2D eigenvalue weighted by Gasteiger charge is 2.14. The molecular weight excluding hydrogens is 290 g/mol. The molecule has 0 aliphatic carbocycles. The summed E-state index contributed by atoms with van der Waals surface area (Å²) < 4.78 is 5.24. The number of aromatic nitrogens is 1. The van der Waals surface area contributed by atoms with Crippen molar-refractivity contribution in [2.75, 3.05) is 11.6 Å². The van der Waals surface area contributed by atoms with Crippen molar-refractivity contribution in [3.8, 4) is 0 Å². The van der Waals surface area contributed by atoms with Gasteiger partial charge in [0.2, 0.25) is 5.91 Å². The van der Waals surface area contributed by atoms with E-state index >= 15 is 0 Å². The molecule has 118 valence electrons. The zero-order valence-electron chi connectivity index (χ0n) is 13.2. The molecule has 0 radical (unpaired) electrons. The minimum Gasteiger partial charge on any atom is -0.356 e. The van der Waals surface area contributed by atoms with Crippen LogP contribution in [0.2, 0.25) is 0 Å². The second kappa shape index (κ2) is 6.52. The van der Waals surface area contributed by atoms with Crippen LogP contribution in [0.4, 0.5) is 5.69 Å². The molecule has 1 amide bonds. The van der Waals surface area contributed by atoms with Gasteiger partial charge in [0.25, 0.3) is 0 Å². The van der Waals surface area contributed by atoms with E-state index in [9.17, 15) is 4.79 Å². The standard InChI is InChI=1S/C18H19N3O2/c1-3-21(14-10-8-13(2)9-11-14)19-18(22)12-16-15-6-4-5-7-17(15)23-20-16/h4-11H,3,12H2,1-2H3,(H,19,22). The Morgan fingerprint density at radius 1 is 1.17 bits per heavy atom. The van der Waals surface area contributed by atoms with Crippen LogP contribution in [-0.4, -0.2) is 17.6 Å². The minimum absolute atomic E-state index is 0.119. The molecule has 0 saturated heterocycles. The van der Waals surface area contributed by atoms with Gasteiger partial charge in [-0.05, 0) is 38.1 Å². The fourth-order valence-corrected chi connectivity index (χ4v) is 2.46. The third kappa shape index (κ3) is 3.34. The van der Waals surface area contributed by atoms with E-state index in [0.717, 1.165) is 11.1 Å². The van der Waals surface area contributed by atoms with Gasteiger partial charge in [0.1, 0.15) is 5.69 Å². The summed E-state index contributed by atoms with van der Waals surface area (Å²) in [6, 6.07) is 15.6. The highest BCUT2D eigenvalue weighted by Crippen LogP contribution is 2.18. The van der Waals surface area contributed by atoms with E-state index in [1.807, 2.05) is 67.4 Å². The molecule has 0 bridgehead atoms. The van der Waals surface area contributed by atoms with E-state index in [-0.39, 0.29) is 12.3 Å². The van der Waals surface area contributed by atoms with Crippen LogP contribution in [0.1, 0.15) is 18.2 Å². The normalized spacial score (nSPS) is 10.7. The molecule has 0 atom stereocenters. The van der Waals surface area contributed by atoms with E-state index in [0.29, 0.717) is 17.8 Å². The summed E-state index contributed by atoms with van der Waals surface area (Å²) in [4.78, 5) is 12.3. The number of anilines is 1. The summed E-state index contributed by atoms with van der Waals surface area (Å²) in [7, 11) is 0. The van der Waals surface area contributed by atoms with E-state index < -0.39 is 0 Å². The van der Waals surface area contributed by atoms with Crippen LogP contribution in [-0.2, 0) is 11.2 Å². The Morgan fingerprint density at radius 2 is 1.91 bits per heavy atom. The van der Waals surface area contributed by atoms with Crippen LogP contribution in [0.5, 0.6) is 0 Å². The quantitative estimate of drug-likeness (QED) is 0.735. The summed E-state index contributed by atoms with van der Waals surface area (Å²) in [5.41, 5.74) is 6.41. The maximum atomic E-state index is 12.3. The average molecular weight is 309 g/mol. The summed E-state index contributed by atoms with van der Waals surface area (Å²) in [5.74, 6) is -0.119. The predicted octanol–water partition coefficient (Wildman–Crippen LogP) is 3.24. The predicted molar refractivity (Wildman–Crippen MR) is 90.1 cm³/mol. The van der Waals surface area contributed by atoms with Crippen molar-refractivity contribution in [1.29, 1.82) is 0 Å². The third-order valence-electron chi connectivity index (χ3n) is 3.70. The highest BCUT2D eigenvalue weighted by atomic mass is 16.5. The maximum Gasteiger partial charge on any atom is 0.244 e. The van der Waals surface area contributed by atoms with Crippen LogP contribution in [0.15, 0.2) is 53.1 Å². The molecule has 1 aromatic heterocycles. The fourth-order valence-electron chi connectivity index (χ4n) is 2.46. The van der Waals surface area contributed by atoms with Crippen LogP contribution in [0, 0.1) is 6.92 Å². The molecule has 2 aromatic carbocycles. The second-order valence-corrected chi connectivity index (χ2v) is 5.42. The molecule has 5 nitrogen and oxygen atoms in total. The van der Waals surface area contributed by atoms with Crippen LogP contribution in [0.25, 0.3) is 11.0 Å². The first-order valence-corrected chi connectivity index (χ1v) is 7.64. The lowest BCUT2D eigenvalue weighted by Gasteiger charge is -2.23. The molecule has 3 aromatic rings. The first-order chi connectivity index (χ1) is 11.2. The summed E-state index contributed by atoms with van der Waals surface area (Å²) >= 11 is 0. The lowest BCUT2D eigenvalue weighted by atomic mass is 10.2. The van der Waals surface area contributed by atoms with Crippen molar-refractivity contribution in [1.82, 2.24) is 10.6 Å². The molecule has 3 rings (SSSR count). The number of amides is 1. The fraction of sp³-hybridized carbons (Fsp3) is 0.222. The Balaban J connectivity index is 1.71. The largest absolute Gasteiger partial charge is 0.356 e. The monoisotopic (exact) mass is 309 g/mol. The Morgan fingerprint density at radius 3 is 2.65 bits per heavy atom. The van der Waals surface area contributed by atoms with Gasteiger partial charge in [0, 0.05) is 11.9 Å². The molecule has 0 saturated carbocycles. The van der Waals surface area contributed by atoms with Crippen molar-refractivity contribution >= 4 is 22.6 Å². The Bertz CT molecular complexity index is 809. The molecular formula is C18H19N3O2. The smallest absolute Gasteiger partial charge is 0.244 e. The van der Waals surface area contributed by atoms with Gasteiger partial charge in [-0.2, -0.15) is 0 Å². The number of hydrogen-bond donors (Lipinski definition) is 1. The van der Waals surface area contributed by atoms with Crippen molar-refractivity contribution < 1.29 is 9.32 Å². The van der Waals surface area contributed by atoms with Gasteiger partial charge in [0.05, 0.1) is 12.1 Å². The maximum absolute atomic E-state index is 12.3. The number of carbonyl (C=O) groups excluding carboxylic acids is 1. The number of nitrogens with one attached hydrogen (secondary N) is 1. The van der Waals surface area contributed by atoms with Gasteiger partial charge in [-0.1, -0.05) is 35.0 Å². The number of para-hydroxylation sites is 1. The molecule has 0 aliphatic heterocycles.